The third-order valence-electron chi connectivity index (χ3n) is 1.14. The fourth-order valence-electron chi connectivity index (χ4n) is 0.635. The van der Waals surface area contributed by atoms with Crippen LogP contribution in [-0.4, -0.2) is 30.8 Å². The zero-order valence-corrected chi connectivity index (χ0v) is 6.44. The summed E-state index contributed by atoms with van der Waals surface area (Å²) in [6, 6.07) is -0.302. The zero-order valence-electron chi connectivity index (χ0n) is 5.62. The van der Waals surface area contributed by atoms with Gasteiger partial charge in [0.05, 0.1) is 7.11 Å². The number of carbonyl (C=O) groups excluding carboxylic acids is 1. The van der Waals surface area contributed by atoms with Crippen molar-refractivity contribution in [3.63, 3.8) is 0 Å². The third kappa shape index (κ3) is 1.86. The smallest absolute Gasteiger partial charge is 0.326 e. The van der Waals surface area contributed by atoms with E-state index in [0.29, 0.717) is 11.7 Å². The van der Waals surface area contributed by atoms with Crippen molar-refractivity contribution in [1.29, 1.82) is 0 Å². The summed E-state index contributed by atoms with van der Waals surface area (Å²) in [6.07, 6.45) is 0. The number of hydrogen-bond donors (Lipinski definition) is 1. The third-order valence-corrected chi connectivity index (χ3v) is 1.99. The number of rotatable bonds is 1. The monoisotopic (exact) mass is 163 g/mol. The van der Waals surface area contributed by atoms with Crippen LogP contribution >= 0.6 is 11.8 Å². The van der Waals surface area contributed by atoms with E-state index in [4.69, 9.17) is 4.84 Å². The van der Waals surface area contributed by atoms with Crippen LogP contribution in [0.15, 0.2) is 0 Å². The van der Waals surface area contributed by atoms with E-state index in [1.54, 1.807) is 11.8 Å². The van der Waals surface area contributed by atoms with E-state index in [2.05, 4.69) is 10.2 Å². The number of hydrogen-bond acceptors (Lipinski definition) is 5. The van der Waals surface area contributed by atoms with Gasteiger partial charge in [-0.3, -0.25) is 9.63 Å². The Bertz CT molecular complexity index is 124. The number of methoxy groups -OCH3 is 1. The molecule has 0 spiro atoms. The molecule has 10 heavy (non-hydrogen) atoms. The van der Waals surface area contributed by atoms with Gasteiger partial charge in [-0.2, -0.15) is 5.48 Å². The highest BCUT2D eigenvalue weighted by atomic mass is 32.2. The van der Waals surface area contributed by atoms with Crippen LogP contribution in [0.2, 0.25) is 0 Å². The molecular formula is C5H9NO3S. The Morgan fingerprint density at radius 3 is 3.20 bits per heavy atom. The summed E-state index contributed by atoms with van der Waals surface area (Å²) in [7, 11) is 1.36. The van der Waals surface area contributed by atoms with E-state index >= 15 is 0 Å². The number of carbonyl (C=O) groups is 1. The van der Waals surface area contributed by atoms with Crippen LogP contribution in [0.25, 0.3) is 0 Å². The van der Waals surface area contributed by atoms with Crippen LogP contribution in [0.1, 0.15) is 0 Å². The van der Waals surface area contributed by atoms with Crippen LogP contribution in [0, 0.1) is 0 Å². The first kappa shape index (κ1) is 7.84. The minimum absolute atomic E-state index is 0.271. The molecule has 4 nitrogen and oxygen atoms in total. The SMILES string of the molecule is COC(=O)C1CSCON1. The Hall–Kier alpha value is -0.260. The molecular weight excluding hydrogens is 154 g/mol. The van der Waals surface area contributed by atoms with Crippen molar-refractivity contribution in [3.05, 3.63) is 0 Å². The molecule has 0 aromatic rings. The van der Waals surface area contributed by atoms with Gasteiger partial charge < -0.3 is 4.74 Å². The minimum Gasteiger partial charge on any atom is -0.468 e. The Kier molecular flexibility index (Phi) is 2.98. The summed E-state index contributed by atoms with van der Waals surface area (Å²) < 4.78 is 4.49. The molecule has 1 heterocycles. The van der Waals surface area contributed by atoms with Gasteiger partial charge in [-0.25, -0.2) is 0 Å². The van der Waals surface area contributed by atoms with Crippen molar-refractivity contribution in [2.24, 2.45) is 0 Å². The lowest BCUT2D eigenvalue weighted by molar-refractivity contribution is -0.146. The molecule has 0 aromatic heterocycles. The van der Waals surface area contributed by atoms with Crippen LogP contribution < -0.4 is 5.48 Å². The summed E-state index contributed by atoms with van der Waals surface area (Å²) in [5.74, 6) is 1.03. The fourth-order valence-corrected chi connectivity index (χ4v) is 1.32. The Balaban J connectivity index is 2.31. The molecule has 1 aliphatic heterocycles. The van der Waals surface area contributed by atoms with Crippen molar-refractivity contribution in [1.82, 2.24) is 5.48 Å². The van der Waals surface area contributed by atoms with Gasteiger partial charge in [0.25, 0.3) is 0 Å². The summed E-state index contributed by atoms with van der Waals surface area (Å²) in [6.45, 7) is 0. The van der Waals surface area contributed by atoms with E-state index in [-0.39, 0.29) is 12.0 Å². The van der Waals surface area contributed by atoms with E-state index in [1.165, 1.54) is 7.11 Å². The highest BCUT2D eigenvalue weighted by molar-refractivity contribution is 7.99. The lowest BCUT2D eigenvalue weighted by Crippen LogP contribution is -2.42. The second kappa shape index (κ2) is 3.80. The second-order valence-electron chi connectivity index (χ2n) is 1.83. The zero-order chi connectivity index (χ0) is 7.40. The molecule has 0 aromatic carbocycles. The summed E-state index contributed by atoms with van der Waals surface area (Å²) >= 11 is 1.56. The lowest BCUT2D eigenvalue weighted by atomic mass is 10.4. The molecule has 0 aliphatic carbocycles. The van der Waals surface area contributed by atoms with E-state index in [9.17, 15) is 4.79 Å². The van der Waals surface area contributed by atoms with Gasteiger partial charge in [0.1, 0.15) is 12.0 Å². The summed E-state index contributed by atoms with van der Waals surface area (Å²) in [5, 5.41) is 0. The van der Waals surface area contributed by atoms with E-state index in [0.717, 1.165) is 0 Å². The lowest BCUT2D eigenvalue weighted by Gasteiger charge is -2.19. The van der Waals surface area contributed by atoms with Gasteiger partial charge in [0, 0.05) is 5.75 Å². The summed E-state index contributed by atoms with van der Waals surface area (Å²) in [5.41, 5.74) is 2.57. The normalized spacial score (nSPS) is 25.9. The molecule has 0 amide bonds. The maximum atomic E-state index is 10.8. The van der Waals surface area contributed by atoms with Gasteiger partial charge in [0.15, 0.2) is 0 Å². The average molecular weight is 163 g/mol. The van der Waals surface area contributed by atoms with Crippen molar-refractivity contribution in [2.45, 2.75) is 6.04 Å². The maximum absolute atomic E-state index is 10.8. The molecule has 1 aliphatic rings. The Morgan fingerprint density at radius 2 is 2.70 bits per heavy atom. The second-order valence-corrected chi connectivity index (χ2v) is 2.80. The van der Waals surface area contributed by atoms with E-state index < -0.39 is 0 Å². The molecule has 5 heteroatoms. The maximum Gasteiger partial charge on any atom is 0.326 e. The molecule has 0 saturated carbocycles. The number of esters is 1. The van der Waals surface area contributed by atoms with Crippen molar-refractivity contribution >= 4 is 17.7 Å². The largest absolute Gasteiger partial charge is 0.468 e. The first-order valence-electron chi connectivity index (χ1n) is 2.87. The molecule has 1 N–H and O–H groups in total. The number of nitrogens with one attached hydrogen (secondary N) is 1. The molecule has 1 saturated heterocycles. The van der Waals surface area contributed by atoms with E-state index in [1.807, 2.05) is 0 Å². The molecule has 1 rings (SSSR count). The van der Waals surface area contributed by atoms with Crippen molar-refractivity contribution < 1.29 is 14.4 Å². The first-order valence-corrected chi connectivity index (χ1v) is 4.03. The molecule has 0 bridgehead atoms. The molecule has 0 radical (unpaired) electrons. The van der Waals surface area contributed by atoms with Crippen molar-refractivity contribution in [3.8, 4) is 0 Å². The van der Waals surface area contributed by atoms with Gasteiger partial charge in [0.2, 0.25) is 0 Å². The topological polar surface area (TPSA) is 47.6 Å². The highest BCUT2D eigenvalue weighted by Crippen LogP contribution is 2.08. The van der Waals surface area contributed by atoms with Crippen LogP contribution in [-0.2, 0) is 14.4 Å². The highest BCUT2D eigenvalue weighted by Gasteiger charge is 2.21. The first-order chi connectivity index (χ1) is 4.84. The Morgan fingerprint density at radius 1 is 1.90 bits per heavy atom. The number of thioether (sulfide) groups is 1. The van der Waals surface area contributed by atoms with Gasteiger partial charge in [-0.15, -0.1) is 11.8 Å². The van der Waals surface area contributed by atoms with Crippen LogP contribution in [0.3, 0.4) is 0 Å². The molecule has 1 unspecified atom stereocenters. The van der Waals surface area contributed by atoms with Crippen LogP contribution in [0.4, 0.5) is 0 Å². The van der Waals surface area contributed by atoms with Crippen molar-refractivity contribution in [2.75, 3.05) is 18.8 Å². The number of ether oxygens (including phenoxy) is 1. The quantitative estimate of drug-likeness (QED) is 0.540. The summed E-state index contributed by atoms with van der Waals surface area (Å²) in [4.78, 5) is 15.6. The fraction of sp³-hybridized carbons (Fsp3) is 0.800. The van der Waals surface area contributed by atoms with Crippen LogP contribution in [0.5, 0.6) is 0 Å². The minimum atomic E-state index is -0.302. The van der Waals surface area contributed by atoms with Gasteiger partial charge in [-0.1, -0.05) is 0 Å². The standard InChI is InChI=1S/C5H9NO3S/c1-8-5(7)4-2-10-3-9-6-4/h4,6H,2-3H2,1H3. The average Bonchev–Trinajstić information content (AvgIpc) is 2.05. The Labute approximate surface area is 63.2 Å². The molecule has 58 valence electrons. The molecule has 1 fully saturated rings. The van der Waals surface area contributed by atoms with Gasteiger partial charge in [-0.05, 0) is 0 Å². The predicted molar refractivity (Wildman–Crippen MR) is 37.3 cm³/mol. The predicted octanol–water partition coefficient (Wildman–Crippen LogP) is -0.247. The number of hydroxylamine groups is 1. The molecule has 1 atom stereocenters. The van der Waals surface area contributed by atoms with Gasteiger partial charge >= 0.3 is 5.97 Å².